The molecule has 0 aliphatic carbocycles. The summed E-state index contributed by atoms with van der Waals surface area (Å²) in [6, 6.07) is 6.04. The third-order valence-electron chi connectivity index (χ3n) is 2.76. The Labute approximate surface area is 104 Å². The molecule has 0 saturated heterocycles. The lowest BCUT2D eigenvalue weighted by Crippen LogP contribution is -2.39. The van der Waals surface area contributed by atoms with Crippen LogP contribution in [0.25, 0.3) is 0 Å². The Balaban J connectivity index is 2.82. The fraction of sp³-hybridized carbons (Fsp3) is 0.571. The fourth-order valence-electron chi connectivity index (χ4n) is 1.91. The van der Waals surface area contributed by atoms with E-state index in [0.29, 0.717) is 13.0 Å². The lowest BCUT2D eigenvalue weighted by molar-refractivity contribution is 0.0601. The maximum absolute atomic E-state index is 10.3. The molecule has 0 aliphatic heterocycles. The second-order valence-corrected chi connectivity index (χ2v) is 4.77. The van der Waals surface area contributed by atoms with Crippen LogP contribution in [0.5, 0.6) is 5.75 Å². The number of ether oxygens (including phenoxy) is 1. The number of hydrogen-bond acceptors (Lipinski definition) is 3. The zero-order valence-corrected chi connectivity index (χ0v) is 11.2. The van der Waals surface area contributed by atoms with Crippen LogP contribution in [-0.2, 0) is 6.42 Å². The highest BCUT2D eigenvalue weighted by molar-refractivity contribution is 5.37. The largest absolute Gasteiger partial charge is 0.496 e. The van der Waals surface area contributed by atoms with Crippen molar-refractivity contribution in [1.82, 2.24) is 5.32 Å². The van der Waals surface area contributed by atoms with E-state index in [-0.39, 0.29) is 0 Å². The van der Waals surface area contributed by atoms with Crippen LogP contribution < -0.4 is 10.1 Å². The van der Waals surface area contributed by atoms with Crippen LogP contribution in [0.4, 0.5) is 0 Å². The van der Waals surface area contributed by atoms with Crippen molar-refractivity contribution in [2.24, 2.45) is 0 Å². The van der Waals surface area contributed by atoms with E-state index in [1.807, 2.05) is 32.9 Å². The highest BCUT2D eigenvalue weighted by Gasteiger charge is 2.22. The third kappa shape index (κ3) is 4.36. The van der Waals surface area contributed by atoms with Crippen molar-refractivity contribution in [3.63, 3.8) is 0 Å². The number of methoxy groups -OCH3 is 1. The molecule has 1 unspecified atom stereocenters. The number of hydrogen-bond donors (Lipinski definition) is 2. The third-order valence-corrected chi connectivity index (χ3v) is 2.76. The number of aliphatic hydroxyl groups is 1. The number of benzene rings is 1. The average molecular weight is 237 g/mol. The predicted octanol–water partition coefficient (Wildman–Crippen LogP) is 1.91. The Hall–Kier alpha value is -1.06. The standard InChI is InChI=1S/C14H23NO2/c1-5-15-10-14(3,16)9-12-8-11(2)6-7-13(12)17-4/h6-8,15-16H,5,9-10H2,1-4H3. The minimum absolute atomic E-state index is 0.584. The van der Waals surface area contributed by atoms with Gasteiger partial charge in [0, 0.05) is 13.0 Å². The Morgan fingerprint density at radius 3 is 2.71 bits per heavy atom. The summed E-state index contributed by atoms with van der Waals surface area (Å²) in [5.41, 5.74) is 1.48. The summed E-state index contributed by atoms with van der Waals surface area (Å²) in [4.78, 5) is 0. The normalized spacial score (nSPS) is 14.4. The molecular weight excluding hydrogens is 214 g/mol. The van der Waals surface area contributed by atoms with Gasteiger partial charge in [0.1, 0.15) is 5.75 Å². The van der Waals surface area contributed by atoms with Gasteiger partial charge in [-0.1, -0.05) is 24.6 Å². The maximum Gasteiger partial charge on any atom is 0.122 e. The molecule has 0 spiro atoms. The monoisotopic (exact) mass is 237 g/mol. The molecule has 3 heteroatoms. The number of aryl methyl sites for hydroxylation is 1. The summed E-state index contributed by atoms with van der Waals surface area (Å²) in [6.07, 6.45) is 0.588. The molecule has 3 nitrogen and oxygen atoms in total. The van der Waals surface area contributed by atoms with Crippen LogP contribution in [0.3, 0.4) is 0 Å². The molecule has 96 valence electrons. The van der Waals surface area contributed by atoms with E-state index in [9.17, 15) is 5.11 Å². The summed E-state index contributed by atoms with van der Waals surface area (Å²) >= 11 is 0. The first-order valence-corrected chi connectivity index (χ1v) is 6.05. The number of nitrogens with one attached hydrogen (secondary N) is 1. The van der Waals surface area contributed by atoms with Gasteiger partial charge < -0.3 is 15.2 Å². The second-order valence-electron chi connectivity index (χ2n) is 4.77. The molecule has 0 aromatic heterocycles. The van der Waals surface area contributed by atoms with Crippen molar-refractivity contribution < 1.29 is 9.84 Å². The van der Waals surface area contributed by atoms with Crippen LogP contribution in [-0.4, -0.2) is 30.9 Å². The zero-order valence-electron chi connectivity index (χ0n) is 11.2. The summed E-state index contributed by atoms with van der Waals surface area (Å²) in [6.45, 7) is 7.37. The first-order valence-electron chi connectivity index (χ1n) is 6.05. The SMILES string of the molecule is CCNCC(C)(O)Cc1cc(C)ccc1OC. The van der Waals surface area contributed by atoms with Crippen LogP contribution in [0.1, 0.15) is 25.0 Å². The molecule has 0 fully saturated rings. The van der Waals surface area contributed by atoms with E-state index in [1.165, 1.54) is 5.56 Å². The first kappa shape index (κ1) is 14.0. The van der Waals surface area contributed by atoms with Gasteiger partial charge in [0.05, 0.1) is 12.7 Å². The molecule has 0 saturated carbocycles. The molecule has 1 atom stereocenters. The summed E-state index contributed by atoms with van der Waals surface area (Å²) in [7, 11) is 1.66. The zero-order chi connectivity index (χ0) is 12.9. The van der Waals surface area contributed by atoms with Gasteiger partial charge in [-0.05, 0) is 32.0 Å². The summed E-state index contributed by atoms with van der Waals surface area (Å²) in [5, 5.41) is 13.5. The lowest BCUT2D eigenvalue weighted by atomic mass is 9.95. The van der Waals surface area contributed by atoms with E-state index in [4.69, 9.17) is 4.74 Å². The van der Waals surface area contributed by atoms with Crippen molar-refractivity contribution in [3.05, 3.63) is 29.3 Å². The summed E-state index contributed by atoms with van der Waals surface area (Å²) < 4.78 is 5.32. The maximum atomic E-state index is 10.3. The Morgan fingerprint density at radius 2 is 2.12 bits per heavy atom. The van der Waals surface area contributed by atoms with Gasteiger partial charge in [-0.25, -0.2) is 0 Å². The van der Waals surface area contributed by atoms with Crippen molar-refractivity contribution in [2.45, 2.75) is 32.8 Å². The minimum atomic E-state index is -0.753. The van der Waals surface area contributed by atoms with Crippen LogP contribution in [0, 0.1) is 6.92 Å². The smallest absolute Gasteiger partial charge is 0.122 e. The van der Waals surface area contributed by atoms with E-state index < -0.39 is 5.60 Å². The van der Waals surface area contributed by atoms with Crippen LogP contribution in [0.15, 0.2) is 18.2 Å². The van der Waals surface area contributed by atoms with Crippen LogP contribution >= 0.6 is 0 Å². The van der Waals surface area contributed by atoms with Gasteiger partial charge in [-0.15, -0.1) is 0 Å². The van der Waals surface area contributed by atoms with Gasteiger partial charge in [-0.3, -0.25) is 0 Å². The molecule has 0 radical (unpaired) electrons. The van der Waals surface area contributed by atoms with E-state index >= 15 is 0 Å². The topological polar surface area (TPSA) is 41.5 Å². The molecule has 0 aliphatic rings. The lowest BCUT2D eigenvalue weighted by Gasteiger charge is -2.24. The highest BCUT2D eigenvalue weighted by atomic mass is 16.5. The Kier molecular flexibility index (Phi) is 4.97. The van der Waals surface area contributed by atoms with Crippen molar-refractivity contribution in [1.29, 1.82) is 0 Å². The Bertz CT molecular complexity index is 361. The highest BCUT2D eigenvalue weighted by Crippen LogP contribution is 2.24. The van der Waals surface area contributed by atoms with Gasteiger partial charge in [0.15, 0.2) is 0 Å². The van der Waals surface area contributed by atoms with E-state index in [1.54, 1.807) is 7.11 Å². The second kappa shape index (κ2) is 6.03. The van der Waals surface area contributed by atoms with Crippen molar-refractivity contribution in [2.75, 3.05) is 20.2 Å². The molecule has 2 N–H and O–H groups in total. The van der Waals surface area contributed by atoms with Gasteiger partial charge in [0.2, 0.25) is 0 Å². The average Bonchev–Trinajstić information content (AvgIpc) is 2.26. The number of likely N-dealkylation sites (N-methyl/N-ethyl adjacent to an activating group) is 1. The quantitative estimate of drug-likeness (QED) is 0.794. The van der Waals surface area contributed by atoms with Crippen molar-refractivity contribution >= 4 is 0 Å². The van der Waals surface area contributed by atoms with Crippen LogP contribution in [0.2, 0.25) is 0 Å². The van der Waals surface area contributed by atoms with Gasteiger partial charge in [0.25, 0.3) is 0 Å². The predicted molar refractivity (Wildman–Crippen MR) is 70.6 cm³/mol. The molecule has 0 bridgehead atoms. The molecule has 0 heterocycles. The van der Waals surface area contributed by atoms with E-state index in [2.05, 4.69) is 11.4 Å². The molecule has 0 amide bonds. The number of rotatable bonds is 6. The summed E-state index contributed by atoms with van der Waals surface area (Å²) in [5.74, 6) is 0.840. The Morgan fingerprint density at radius 1 is 1.41 bits per heavy atom. The molecule has 1 rings (SSSR count). The molecule has 1 aromatic carbocycles. The minimum Gasteiger partial charge on any atom is -0.496 e. The fourth-order valence-corrected chi connectivity index (χ4v) is 1.91. The molecular formula is C14H23NO2. The molecule has 17 heavy (non-hydrogen) atoms. The van der Waals surface area contributed by atoms with Gasteiger partial charge >= 0.3 is 0 Å². The molecule has 1 aromatic rings. The van der Waals surface area contributed by atoms with Crippen molar-refractivity contribution in [3.8, 4) is 5.75 Å². The first-order chi connectivity index (χ1) is 7.98. The van der Waals surface area contributed by atoms with Gasteiger partial charge in [-0.2, -0.15) is 0 Å². The van der Waals surface area contributed by atoms with E-state index in [0.717, 1.165) is 17.9 Å².